The average Bonchev–Trinajstić information content (AvgIpc) is 2.59. The van der Waals surface area contributed by atoms with Gasteiger partial charge in [-0.2, -0.15) is 0 Å². The van der Waals surface area contributed by atoms with Crippen molar-refractivity contribution in [1.29, 1.82) is 0 Å². The van der Waals surface area contributed by atoms with Crippen LogP contribution < -0.4 is 10.1 Å². The summed E-state index contributed by atoms with van der Waals surface area (Å²) in [5.41, 5.74) is 1.80. The van der Waals surface area contributed by atoms with Crippen LogP contribution in [0.15, 0.2) is 53.3 Å². The van der Waals surface area contributed by atoms with Crippen molar-refractivity contribution in [2.45, 2.75) is 12.8 Å². The quantitative estimate of drug-likeness (QED) is 0.591. The molecule has 124 valence electrons. The van der Waals surface area contributed by atoms with Gasteiger partial charge in [0.2, 0.25) is 0 Å². The minimum absolute atomic E-state index is 0.190. The Morgan fingerprint density at radius 2 is 2.00 bits per heavy atom. The van der Waals surface area contributed by atoms with Gasteiger partial charge in [-0.1, -0.05) is 22.0 Å². The molecule has 0 spiro atoms. The number of rotatable bonds is 7. The van der Waals surface area contributed by atoms with Crippen LogP contribution in [0.4, 0.5) is 11.5 Å². The van der Waals surface area contributed by atoms with Crippen molar-refractivity contribution in [2.24, 2.45) is 0 Å². The molecule has 0 bridgehead atoms. The van der Waals surface area contributed by atoms with E-state index in [1.807, 2.05) is 42.5 Å². The van der Waals surface area contributed by atoms with Gasteiger partial charge in [0.1, 0.15) is 17.9 Å². The van der Waals surface area contributed by atoms with E-state index in [1.165, 1.54) is 0 Å². The maximum absolute atomic E-state index is 8.82. The normalized spacial score (nSPS) is 10.8. The molecular weight excluding hydrogens is 370 g/mol. The van der Waals surface area contributed by atoms with Gasteiger partial charge in [0.25, 0.3) is 0 Å². The molecule has 0 atom stereocenters. The van der Waals surface area contributed by atoms with Crippen LogP contribution in [0, 0.1) is 0 Å². The molecular formula is C18H18BrN3O2. The first-order chi connectivity index (χ1) is 11.8. The van der Waals surface area contributed by atoms with Crippen molar-refractivity contribution in [3.05, 3.63) is 53.3 Å². The maximum atomic E-state index is 8.82. The number of anilines is 2. The van der Waals surface area contributed by atoms with E-state index in [0.29, 0.717) is 6.61 Å². The minimum atomic E-state index is 0.190. The number of benzene rings is 2. The number of hydrogen-bond donors (Lipinski definition) is 2. The predicted molar refractivity (Wildman–Crippen MR) is 98.8 cm³/mol. The van der Waals surface area contributed by atoms with Gasteiger partial charge in [0.05, 0.1) is 12.1 Å². The Balaban J connectivity index is 1.84. The number of hydrogen-bond acceptors (Lipinski definition) is 5. The number of ether oxygens (including phenoxy) is 1. The van der Waals surface area contributed by atoms with E-state index in [1.54, 1.807) is 6.33 Å². The maximum Gasteiger partial charge on any atom is 0.141 e. The highest BCUT2D eigenvalue weighted by atomic mass is 79.9. The van der Waals surface area contributed by atoms with Crippen molar-refractivity contribution in [1.82, 2.24) is 9.97 Å². The van der Waals surface area contributed by atoms with Gasteiger partial charge in [0.15, 0.2) is 0 Å². The van der Waals surface area contributed by atoms with Crippen LogP contribution in [0.5, 0.6) is 5.75 Å². The van der Waals surface area contributed by atoms with E-state index in [9.17, 15) is 0 Å². The Labute approximate surface area is 148 Å². The number of aromatic nitrogens is 2. The molecule has 0 aliphatic rings. The van der Waals surface area contributed by atoms with Gasteiger partial charge in [-0.3, -0.25) is 0 Å². The molecule has 0 aliphatic carbocycles. The molecule has 1 heterocycles. The second kappa shape index (κ2) is 8.08. The smallest absolute Gasteiger partial charge is 0.141 e. The molecule has 6 heteroatoms. The highest BCUT2D eigenvalue weighted by Gasteiger charge is 2.06. The number of fused-ring (bicyclic) bond motifs is 1. The summed E-state index contributed by atoms with van der Waals surface area (Å²) in [6, 6.07) is 13.7. The summed E-state index contributed by atoms with van der Waals surface area (Å²) in [4.78, 5) is 8.66. The van der Waals surface area contributed by atoms with Crippen molar-refractivity contribution in [2.75, 3.05) is 18.5 Å². The number of nitrogens with zero attached hydrogens (tertiary/aromatic N) is 2. The Morgan fingerprint density at radius 3 is 2.83 bits per heavy atom. The van der Waals surface area contributed by atoms with Crippen LogP contribution in [0.1, 0.15) is 12.8 Å². The fourth-order valence-electron chi connectivity index (χ4n) is 2.33. The molecule has 0 fully saturated rings. The molecule has 2 aromatic carbocycles. The third kappa shape index (κ3) is 4.21. The van der Waals surface area contributed by atoms with Gasteiger partial charge in [-0.15, -0.1) is 0 Å². The van der Waals surface area contributed by atoms with E-state index in [4.69, 9.17) is 9.84 Å². The molecule has 0 aliphatic heterocycles. The van der Waals surface area contributed by atoms with Gasteiger partial charge < -0.3 is 15.2 Å². The molecule has 0 saturated heterocycles. The van der Waals surface area contributed by atoms with Crippen LogP contribution in [-0.4, -0.2) is 28.3 Å². The Morgan fingerprint density at radius 1 is 1.08 bits per heavy atom. The summed E-state index contributed by atoms with van der Waals surface area (Å²) >= 11 is 3.47. The molecule has 0 amide bonds. The topological polar surface area (TPSA) is 67.3 Å². The van der Waals surface area contributed by atoms with Gasteiger partial charge in [0, 0.05) is 22.2 Å². The van der Waals surface area contributed by atoms with Crippen molar-refractivity contribution < 1.29 is 9.84 Å². The summed E-state index contributed by atoms with van der Waals surface area (Å²) < 4.78 is 6.74. The van der Waals surface area contributed by atoms with Gasteiger partial charge in [-0.05, 0) is 49.2 Å². The van der Waals surface area contributed by atoms with Crippen LogP contribution in [0.3, 0.4) is 0 Å². The molecule has 0 radical (unpaired) electrons. The zero-order valence-corrected chi connectivity index (χ0v) is 14.7. The molecule has 0 saturated carbocycles. The van der Waals surface area contributed by atoms with Crippen molar-refractivity contribution >= 4 is 38.3 Å². The zero-order chi connectivity index (χ0) is 16.8. The van der Waals surface area contributed by atoms with E-state index < -0.39 is 0 Å². The third-order valence-electron chi connectivity index (χ3n) is 3.52. The largest absolute Gasteiger partial charge is 0.494 e. The van der Waals surface area contributed by atoms with E-state index in [0.717, 1.165) is 45.5 Å². The summed E-state index contributed by atoms with van der Waals surface area (Å²) in [6.07, 6.45) is 3.11. The lowest BCUT2D eigenvalue weighted by molar-refractivity contribution is 0.253. The zero-order valence-electron chi connectivity index (χ0n) is 13.1. The molecule has 2 N–H and O–H groups in total. The van der Waals surface area contributed by atoms with Crippen molar-refractivity contribution in [3.8, 4) is 5.75 Å². The number of unbranched alkanes of at least 4 members (excludes halogenated alkanes) is 1. The lowest BCUT2D eigenvalue weighted by atomic mass is 10.2. The van der Waals surface area contributed by atoms with E-state index in [-0.39, 0.29) is 6.61 Å². The van der Waals surface area contributed by atoms with Crippen LogP contribution >= 0.6 is 15.9 Å². The second-order valence-corrected chi connectivity index (χ2v) is 6.23. The molecule has 0 unspecified atom stereocenters. The average molecular weight is 388 g/mol. The summed E-state index contributed by atoms with van der Waals surface area (Å²) in [6.45, 7) is 0.768. The standard InChI is InChI=1S/C18H18BrN3O2/c19-13-4-3-5-14(10-13)22-18-16-11-15(24-9-2-1-8-23)6-7-17(16)20-12-21-18/h3-7,10-12,23H,1-2,8-9H2,(H,20,21,22). The first-order valence-corrected chi connectivity index (χ1v) is 8.56. The molecule has 1 aromatic heterocycles. The van der Waals surface area contributed by atoms with Gasteiger partial charge in [-0.25, -0.2) is 9.97 Å². The Hall–Kier alpha value is -2.18. The molecule has 3 rings (SSSR count). The third-order valence-corrected chi connectivity index (χ3v) is 4.01. The summed E-state index contributed by atoms with van der Waals surface area (Å²) in [5, 5.41) is 13.0. The van der Waals surface area contributed by atoms with Crippen LogP contribution in [-0.2, 0) is 0 Å². The number of aliphatic hydroxyl groups excluding tert-OH is 1. The highest BCUT2D eigenvalue weighted by Crippen LogP contribution is 2.27. The number of nitrogens with one attached hydrogen (secondary N) is 1. The second-order valence-electron chi connectivity index (χ2n) is 5.32. The fraction of sp³-hybridized carbons (Fsp3) is 0.222. The van der Waals surface area contributed by atoms with Crippen molar-refractivity contribution in [3.63, 3.8) is 0 Å². The fourth-order valence-corrected chi connectivity index (χ4v) is 2.73. The first-order valence-electron chi connectivity index (χ1n) is 7.77. The van der Waals surface area contributed by atoms with E-state index in [2.05, 4.69) is 31.2 Å². The molecule has 3 aromatic rings. The highest BCUT2D eigenvalue weighted by molar-refractivity contribution is 9.10. The lowest BCUT2D eigenvalue weighted by Crippen LogP contribution is -2.00. The van der Waals surface area contributed by atoms with Crippen LogP contribution in [0.2, 0.25) is 0 Å². The van der Waals surface area contributed by atoms with Gasteiger partial charge >= 0.3 is 0 Å². The SMILES string of the molecule is OCCCCOc1ccc2ncnc(Nc3cccc(Br)c3)c2c1. The Kier molecular flexibility index (Phi) is 5.61. The van der Waals surface area contributed by atoms with E-state index >= 15 is 0 Å². The molecule has 24 heavy (non-hydrogen) atoms. The minimum Gasteiger partial charge on any atom is -0.494 e. The number of halogens is 1. The predicted octanol–water partition coefficient (Wildman–Crippen LogP) is 4.29. The number of aliphatic hydroxyl groups is 1. The summed E-state index contributed by atoms with van der Waals surface area (Å²) in [5.74, 6) is 1.51. The first kappa shape index (κ1) is 16.7. The molecule has 5 nitrogen and oxygen atoms in total. The van der Waals surface area contributed by atoms with Crippen LogP contribution in [0.25, 0.3) is 10.9 Å². The monoisotopic (exact) mass is 387 g/mol. The summed E-state index contributed by atoms with van der Waals surface area (Å²) in [7, 11) is 0. The Bertz CT molecular complexity index is 826. The lowest BCUT2D eigenvalue weighted by Gasteiger charge is -2.11.